The summed E-state index contributed by atoms with van der Waals surface area (Å²) < 4.78 is 23.2. The first-order valence-corrected chi connectivity index (χ1v) is 9.97. The van der Waals surface area contributed by atoms with Gasteiger partial charge in [0.05, 0.1) is 4.90 Å². The summed E-state index contributed by atoms with van der Waals surface area (Å²) in [4.78, 5) is 16.9. The molecular weight excluding hydrogens is 350 g/mol. The van der Waals surface area contributed by atoms with Crippen molar-refractivity contribution in [3.8, 4) is 0 Å². The van der Waals surface area contributed by atoms with E-state index in [4.69, 9.17) is 5.14 Å². The zero-order valence-electron chi connectivity index (χ0n) is 14.9. The number of nitrogens with two attached hydrogens (primary N) is 1. The number of benzene rings is 2. The largest absolute Gasteiger partial charge is 0.336 e. The second-order valence-corrected chi connectivity index (χ2v) is 8.32. The molecule has 1 unspecified atom stereocenters. The first kappa shape index (κ1) is 18.6. The van der Waals surface area contributed by atoms with Crippen molar-refractivity contribution in [3.05, 3.63) is 65.2 Å². The molecule has 1 heterocycles. The lowest BCUT2D eigenvalue weighted by atomic mass is 9.98. The summed E-state index contributed by atoms with van der Waals surface area (Å²) in [5, 5.41) is 5.23. The summed E-state index contributed by atoms with van der Waals surface area (Å²) in [5.41, 5.74) is 2.83. The van der Waals surface area contributed by atoms with Gasteiger partial charge in [0.2, 0.25) is 15.9 Å². The minimum absolute atomic E-state index is 0.00728. The van der Waals surface area contributed by atoms with Crippen LogP contribution >= 0.6 is 0 Å². The zero-order valence-corrected chi connectivity index (χ0v) is 15.7. The van der Waals surface area contributed by atoms with E-state index in [1.54, 1.807) is 17.0 Å². The van der Waals surface area contributed by atoms with Crippen LogP contribution in [0.4, 0.5) is 0 Å². The molecule has 7 heteroatoms. The molecule has 0 saturated heterocycles. The summed E-state index contributed by atoms with van der Waals surface area (Å²) in [5.74, 6) is 0.00728. The van der Waals surface area contributed by atoms with Gasteiger partial charge in [0.1, 0.15) is 6.04 Å². The average molecular weight is 373 g/mol. The molecule has 6 nitrogen and oxygen atoms in total. The molecule has 3 rings (SSSR count). The number of carbonyl (C=O) groups excluding carboxylic acids is 1. The summed E-state index contributed by atoms with van der Waals surface area (Å²) in [6, 6.07) is 14.2. The van der Waals surface area contributed by atoms with Gasteiger partial charge in [-0.25, -0.2) is 13.6 Å². The van der Waals surface area contributed by atoms with Crippen molar-refractivity contribution in [1.82, 2.24) is 9.80 Å². The van der Waals surface area contributed by atoms with Crippen molar-refractivity contribution < 1.29 is 13.2 Å². The normalized spacial score (nSPS) is 15.6. The molecule has 2 aromatic rings. The number of primary sulfonamides is 1. The molecule has 138 valence electrons. The van der Waals surface area contributed by atoms with Gasteiger partial charge in [0, 0.05) is 13.1 Å². The molecule has 1 aliphatic heterocycles. The van der Waals surface area contributed by atoms with Gasteiger partial charge in [0.15, 0.2) is 0 Å². The molecule has 0 spiro atoms. The molecule has 1 aliphatic rings. The van der Waals surface area contributed by atoms with E-state index in [-0.39, 0.29) is 16.8 Å². The number of amides is 1. The van der Waals surface area contributed by atoms with Crippen LogP contribution in [0.3, 0.4) is 0 Å². The van der Waals surface area contributed by atoms with Crippen molar-refractivity contribution in [2.75, 3.05) is 20.6 Å². The number of carbonyl (C=O) groups is 1. The van der Waals surface area contributed by atoms with Crippen molar-refractivity contribution in [2.24, 2.45) is 5.14 Å². The van der Waals surface area contributed by atoms with E-state index in [1.807, 2.05) is 49.3 Å². The molecular formula is C19H23N3O3S. The summed E-state index contributed by atoms with van der Waals surface area (Å²) in [6.45, 7) is 0.992. The summed E-state index contributed by atoms with van der Waals surface area (Å²) in [7, 11) is 0.00456. The summed E-state index contributed by atoms with van der Waals surface area (Å²) in [6.07, 6.45) is 0.695. The van der Waals surface area contributed by atoms with Crippen LogP contribution in [0.15, 0.2) is 53.4 Å². The van der Waals surface area contributed by atoms with Gasteiger partial charge in [-0.05, 0) is 49.3 Å². The SMILES string of the molecule is CN(C)C(C(=O)N1CCc2ccc(S(N)(=O)=O)cc2C1)c1ccccc1. The highest BCUT2D eigenvalue weighted by Crippen LogP contribution is 2.26. The maximum absolute atomic E-state index is 13.2. The Bertz CT molecular complexity index is 911. The van der Waals surface area contributed by atoms with Crippen LogP contribution in [0.5, 0.6) is 0 Å². The second-order valence-electron chi connectivity index (χ2n) is 6.76. The quantitative estimate of drug-likeness (QED) is 0.881. The first-order chi connectivity index (χ1) is 12.3. The lowest BCUT2D eigenvalue weighted by Crippen LogP contribution is -2.43. The Morgan fingerprint density at radius 3 is 2.42 bits per heavy atom. The van der Waals surface area contributed by atoms with Crippen molar-refractivity contribution in [3.63, 3.8) is 0 Å². The molecule has 26 heavy (non-hydrogen) atoms. The average Bonchev–Trinajstić information content (AvgIpc) is 2.60. The molecule has 0 radical (unpaired) electrons. The Hall–Kier alpha value is -2.22. The molecule has 0 saturated carbocycles. The lowest BCUT2D eigenvalue weighted by molar-refractivity contribution is -0.137. The molecule has 1 amide bonds. The number of sulfonamides is 1. The Morgan fingerprint density at radius 1 is 1.12 bits per heavy atom. The molecule has 0 bridgehead atoms. The van der Waals surface area contributed by atoms with Crippen molar-refractivity contribution in [1.29, 1.82) is 0 Å². The molecule has 2 N–H and O–H groups in total. The Morgan fingerprint density at radius 2 is 1.81 bits per heavy atom. The smallest absolute Gasteiger partial charge is 0.244 e. The van der Waals surface area contributed by atoms with Crippen LogP contribution in [-0.4, -0.2) is 44.8 Å². The van der Waals surface area contributed by atoms with E-state index in [2.05, 4.69) is 0 Å². The third kappa shape index (κ3) is 3.80. The van der Waals surface area contributed by atoms with Crippen LogP contribution in [-0.2, 0) is 27.8 Å². The van der Waals surface area contributed by atoms with Crippen LogP contribution in [0.25, 0.3) is 0 Å². The Labute approximate surface area is 154 Å². The van der Waals surface area contributed by atoms with Gasteiger partial charge in [0.25, 0.3) is 0 Å². The highest BCUT2D eigenvalue weighted by molar-refractivity contribution is 7.89. The van der Waals surface area contributed by atoms with Gasteiger partial charge in [-0.2, -0.15) is 0 Å². The number of nitrogens with zero attached hydrogens (tertiary/aromatic N) is 2. The van der Waals surface area contributed by atoms with E-state index >= 15 is 0 Å². The predicted molar refractivity (Wildman–Crippen MR) is 99.8 cm³/mol. The van der Waals surface area contributed by atoms with Gasteiger partial charge in [-0.3, -0.25) is 9.69 Å². The first-order valence-electron chi connectivity index (χ1n) is 8.42. The third-order valence-corrected chi connectivity index (χ3v) is 5.61. The fourth-order valence-electron chi connectivity index (χ4n) is 3.37. The van der Waals surface area contributed by atoms with E-state index in [0.717, 1.165) is 16.7 Å². The lowest BCUT2D eigenvalue weighted by Gasteiger charge is -2.34. The molecule has 0 aliphatic carbocycles. The number of rotatable bonds is 4. The van der Waals surface area contributed by atoms with E-state index in [0.29, 0.717) is 19.5 Å². The highest BCUT2D eigenvalue weighted by Gasteiger charge is 2.30. The maximum atomic E-state index is 13.2. The van der Waals surface area contributed by atoms with Gasteiger partial charge >= 0.3 is 0 Å². The monoisotopic (exact) mass is 373 g/mol. The van der Waals surface area contributed by atoms with E-state index < -0.39 is 10.0 Å². The molecule has 0 fully saturated rings. The van der Waals surface area contributed by atoms with Crippen molar-refractivity contribution >= 4 is 15.9 Å². The number of fused-ring (bicyclic) bond motifs is 1. The fraction of sp³-hybridized carbons (Fsp3) is 0.316. The van der Waals surface area contributed by atoms with E-state index in [1.165, 1.54) is 6.07 Å². The van der Waals surface area contributed by atoms with Crippen LogP contribution in [0, 0.1) is 0 Å². The van der Waals surface area contributed by atoms with Gasteiger partial charge in [-0.15, -0.1) is 0 Å². The molecule has 0 aromatic heterocycles. The number of likely N-dealkylation sites (N-methyl/N-ethyl adjacent to an activating group) is 1. The minimum Gasteiger partial charge on any atom is -0.336 e. The minimum atomic E-state index is -3.76. The maximum Gasteiger partial charge on any atom is 0.244 e. The zero-order chi connectivity index (χ0) is 18.9. The second kappa shape index (κ2) is 7.19. The Balaban J connectivity index is 1.88. The van der Waals surface area contributed by atoms with E-state index in [9.17, 15) is 13.2 Å². The number of hydrogen-bond acceptors (Lipinski definition) is 4. The fourth-order valence-corrected chi connectivity index (χ4v) is 3.93. The van der Waals surface area contributed by atoms with Crippen molar-refractivity contribution in [2.45, 2.75) is 23.9 Å². The topological polar surface area (TPSA) is 83.7 Å². The van der Waals surface area contributed by atoms with Gasteiger partial charge < -0.3 is 4.90 Å². The molecule has 1 atom stereocenters. The van der Waals surface area contributed by atoms with Crippen LogP contribution in [0.2, 0.25) is 0 Å². The third-order valence-electron chi connectivity index (χ3n) is 4.70. The van der Waals surface area contributed by atoms with Crippen LogP contribution < -0.4 is 5.14 Å². The number of hydrogen-bond donors (Lipinski definition) is 1. The summed E-state index contributed by atoms with van der Waals surface area (Å²) >= 11 is 0. The standard InChI is InChI=1S/C19H23N3O3S/c1-21(2)18(15-6-4-3-5-7-15)19(23)22-11-10-14-8-9-17(26(20,24)25)12-16(14)13-22/h3-9,12,18H,10-11,13H2,1-2H3,(H2,20,24,25). The van der Waals surface area contributed by atoms with Crippen LogP contribution in [0.1, 0.15) is 22.7 Å². The highest BCUT2D eigenvalue weighted by atomic mass is 32.2. The predicted octanol–water partition coefficient (Wildman–Crippen LogP) is 1.52. The Kier molecular flexibility index (Phi) is 5.13. The van der Waals surface area contributed by atoms with Gasteiger partial charge in [-0.1, -0.05) is 36.4 Å². The molecule has 2 aromatic carbocycles.